The van der Waals surface area contributed by atoms with Crippen LogP contribution in [-0.2, 0) is 6.18 Å². The van der Waals surface area contributed by atoms with Crippen LogP contribution in [0.2, 0.25) is 0 Å². The lowest BCUT2D eigenvalue weighted by Gasteiger charge is -2.12. The zero-order chi connectivity index (χ0) is 14.8. The third kappa shape index (κ3) is 3.05. The van der Waals surface area contributed by atoms with E-state index in [2.05, 4.69) is 31.4 Å². The van der Waals surface area contributed by atoms with E-state index in [0.29, 0.717) is 0 Å². The molecule has 0 bridgehead atoms. The van der Waals surface area contributed by atoms with Crippen LogP contribution >= 0.6 is 15.9 Å². The Morgan fingerprint density at radius 3 is 2.65 bits per heavy atom. The molecule has 0 aliphatic heterocycles. The van der Waals surface area contributed by atoms with Crippen molar-refractivity contribution in [2.75, 3.05) is 5.32 Å². The molecule has 0 unspecified atom stereocenters. The standard InChI is InChI=1S/C12H6BrF3N4/c13-10-2-1-8(5-9(10)12(14,15)16)19-11-7(6-17)3-4-18-20-11/h1-5H,(H,19,20). The lowest BCUT2D eigenvalue weighted by atomic mass is 10.2. The summed E-state index contributed by atoms with van der Waals surface area (Å²) in [6, 6.07) is 6.93. The van der Waals surface area contributed by atoms with Crippen molar-refractivity contribution in [1.29, 1.82) is 5.26 Å². The van der Waals surface area contributed by atoms with Gasteiger partial charge in [-0.3, -0.25) is 0 Å². The number of rotatable bonds is 2. The van der Waals surface area contributed by atoms with Gasteiger partial charge in [-0.2, -0.15) is 23.5 Å². The van der Waals surface area contributed by atoms with Crippen LogP contribution in [0.25, 0.3) is 0 Å². The van der Waals surface area contributed by atoms with Crippen LogP contribution in [-0.4, -0.2) is 10.2 Å². The van der Waals surface area contributed by atoms with Crippen molar-refractivity contribution in [2.45, 2.75) is 6.18 Å². The van der Waals surface area contributed by atoms with E-state index in [1.807, 2.05) is 6.07 Å². The second kappa shape index (κ2) is 5.46. The SMILES string of the molecule is N#Cc1ccnnc1Nc1ccc(Br)c(C(F)(F)F)c1. The van der Waals surface area contributed by atoms with E-state index >= 15 is 0 Å². The van der Waals surface area contributed by atoms with Crippen LogP contribution in [0.3, 0.4) is 0 Å². The molecule has 1 N–H and O–H groups in total. The van der Waals surface area contributed by atoms with Gasteiger partial charge in [0.25, 0.3) is 0 Å². The molecule has 1 aromatic carbocycles. The second-order valence-corrected chi connectivity index (χ2v) is 4.58. The molecule has 0 spiro atoms. The number of aromatic nitrogens is 2. The molecule has 0 saturated carbocycles. The summed E-state index contributed by atoms with van der Waals surface area (Å²) in [6.07, 6.45) is -3.15. The summed E-state index contributed by atoms with van der Waals surface area (Å²) < 4.78 is 38.3. The fraction of sp³-hybridized carbons (Fsp3) is 0.0833. The molecule has 0 amide bonds. The molecular weight excluding hydrogens is 337 g/mol. The number of nitrogens with zero attached hydrogens (tertiary/aromatic N) is 3. The lowest BCUT2D eigenvalue weighted by Crippen LogP contribution is -2.07. The van der Waals surface area contributed by atoms with Crippen LogP contribution in [0.15, 0.2) is 34.9 Å². The lowest BCUT2D eigenvalue weighted by molar-refractivity contribution is -0.138. The molecule has 0 aliphatic carbocycles. The van der Waals surface area contributed by atoms with Crippen molar-refractivity contribution in [3.8, 4) is 6.07 Å². The predicted octanol–water partition coefficient (Wildman–Crippen LogP) is 3.87. The first-order valence-electron chi connectivity index (χ1n) is 5.27. The molecule has 0 saturated heterocycles. The van der Waals surface area contributed by atoms with Crippen LogP contribution in [0.1, 0.15) is 11.1 Å². The number of benzene rings is 1. The normalized spacial score (nSPS) is 10.9. The maximum absolute atomic E-state index is 12.8. The summed E-state index contributed by atoms with van der Waals surface area (Å²) in [5.74, 6) is 0.102. The Labute approximate surface area is 120 Å². The number of hydrogen-bond acceptors (Lipinski definition) is 4. The van der Waals surface area contributed by atoms with Crippen molar-refractivity contribution in [3.05, 3.63) is 46.1 Å². The highest BCUT2D eigenvalue weighted by Crippen LogP contribution is 2.36. The average molecular weight is 343 g/mol. The van der Waals surface area contributed by atoms with Gasteiger partial charge in [0, 0.05) is 10.2 Å². The minimum atomic E-state index is -4.48. The minimum Gasteiger partial charge on any atom is -0.338 e. The fourth-order valence-corrected chi connectivity index (χ4v) is 1.94. The average Bonchev–Trinajstić information content (AvgIpc) is 2.40. The molecule has 1 heterocycles. The number of hydrogen-bond donors (Lipinski definition) is 1. The number of anilines is 2. The maximum Gasteiger partial charge on any atom is 0.417 e. The molecule has 2 aromatic rings. The van der Waals surface area contributed by atoms with Crippen molar-refractivity contribution in [2.24, 2.45) is 0 Å². The summed E-state index contributed by atoms with van der Waals surface area (Å²) in [5, 5.41) is 18.8. The molecule has 4 nitrogen and oxygen atoms in total. The zero-order valence-electron chi connectivity index (χ0n) is 9.74. The van der Waals surface area contributed by atoms with E-state index in [4.69, 9.17) is 5.26 Å². The topological polar surface area (TPSA) is 61.6 Å². The highest BCUT2D eigenvalue weighted by atomic mass is 79.9. The van der Waals surface area contributed by atoms with Crippen LogP contribution < -0.4 is 5.32 Å². The Kier molecular flexibility index (Phi) is 3.90. The number of nitriles is 1. The Bertz CT molecular complexity index is 679. The number of nitrogens with one attached hydrogen (secondary N) is 1. The summed E-state index contributed by atoms with van der Waals surface area (Å²) >= 11 is 2.85. The van der Waals surface area contributed by atoms with E-state index in [9.17, 15) is 13.2 Å². The third-order valence-corrected chi connectivity index (χ3v) is 3.07. The van der Waals surface area contributed by atoms with Gasteiger partial charge >= 0.3 is 6.18 Å². The molecule has 2 rings (SSSR count). The van der Waals surface area contributed by atoms with Crippen molar-refractivity contribution >= 4 is 27.4 Å². The van der Waals surface area contributed by atoms with Crippen molar-refractivity contribution < 1.29 is 13.2 Å². The van der Waals surface area contributed by atoms with Gasteiger partial charge in [-0.15, -0.1) is 5.10 Å². The first-order valence-corrected chi connectivity index (χ1v) is 6.06. The van der Waals surface area contributed by atoms with E-state index < -0.39 is 11.7 Å². The molecule has 0 atom stereocenters. The van der Waals surface area contributed by atoms with Gasteiger partial charge in [-0.05, 0) is 24.3 Å². The van der Waals surface area contributed by atoms with E-state index in [-0.39, 0.29) is 21.5 Å². The predicted molar refractivity (Wildman–Crippen MR) is 69.2 cm³/mol. The summed E-state index contributed by atoms with van der Waals surface area (Å²) in [4.78, 5) is 0. The van der Waals surface area contributed by atoms with Crippen LogP contribution in [0.4, 0.5) is 24.7 Å². The van der Waals surface area contributed by atoms with E-state index in [1.165, 1.54) is 24.4 Å². The van der Waals surface area contributed by atoms with Gasteiger partial charge in [-0.1, -0.05) is 15.9 Å². The smallest absolute Gasteiger partial charge is 0.338 e. The molecule has 1 aromatic heterocycles. The third-order valence-electron chi connectivity index (χ3n) is 2.38. The fourth-order valence-electron chi connectivity index (χ4n) is 1.47. The van der Waals surface area contributed by atoms with Crippen LogP contribution in [0, 0.1) is 11.3 Å². The van der Waals surface area contributed by atoms with Crippen molar-refractivity contribution in [1.82, 2.24) is 10.2 Å². The molecule has 102 valence electrons. The van der Waals surface area contributed by atoms with Crippen LogP contribution in [0.5, 0.6) is 0 Å². The molecule has 0 radical (unpaired) electrons. The van der Waals surface area contributed by atoms with Gasteiger partial charge in [0.1, 0.15) is 6.07 Å². The van der Waals surface area contributed by atoms with E-state index in [0.717, 1.165) is 6.07 Å². The molecular formula is C12H6BrF3N4. The van der Waals surface area contributed by atoms with Gasteiger partial charge in [-0.25, -0.2) is 0 Å². The molecule has 20 heavy (non-hydrogen) atoms. The second-order valence-electron chi connectivity index (χ2n) is 3.72. The first-order chi connectivity index (χ1) is 9.41. The van der Waals surface area contributed by atoms with E-state index in [1.54, 1.807) is 0 Å². The Hall–Kier alpha value is -2.14. The number of halogens is 4. The van der Waals surface area contributed by atoms with Gasteiger partial charge in [0.15, 0.2) is 5.82 Å². The van der Waals surface area contributed by atoms with Crippen molar-refractivity contribution in [3.63, 3.8) is 0 Å². The summed E-state index contributed by atoms with van der Waals surface area (Å²) in [6.45, 7) is 0. The van der Waals surface area contributed by atoms with Gasteiger partial charge in [0.05, 0.1) is 17.3 Å². The number of alkyl halides is 3. The molecule has 0 fully saturated rings. The van der Waals surface area contributed by atoms with Gasteiger partial charge < -0.3 is 5.32 Å². The Morgan fingerprint density at radius 2 is 2.00 bits per heavy atom. The minimum absolute atomic E-state index is 0.0600. The van der Waals surface area contributed by atoms with Gasteiger partial charge in [0.2, 0.25) is 0 Å². The molecule has 8 heteroatoms. The Balaban J connectivity index is 2.38. The zero-order valence-corrected chi connectivity index (χ0v) is 11.3. The molecule has 0 aliphatic rings. The Morgan fingerprint density at radius 1 is 1.25 bits per heavy atom. The highest BCUT2D eigenvalue weighted by molar-refractivity contribution is 9.10. The first kappa shape index (κ1) is 14.3. The summed E-state index contributed by atoms with van der Waals surface area (Å²) in [7, 11) is 0. The summed E-state index contributed by atoms with van der Waals surface area (Å²) in [5.41, 5.74) is -0.459. The quantitative estimate of drug-likeness (QED) is 0.899. The maximum atomic E-state index is 12.8. The highest BCUT2D eigenvalue weighted by Gasteiger charge is 2.33. The monoisotopic (exact) mass is 342 g/mol. The largest absolute Gasteiger partial charge is 0.417 e.